The number of ether oxygens (including phenoxy) is 1. The molecule has 0 spiro atoms. The molecule has 0 aliphatic heterocycles. The zero-order valence-electron chi connectivity index (χ0n) is 20.7. The van der Waals surface area contributed by atoms with Gasteiger partial charge in [0.2, 0.25) is 0 Å². The zero-order valence-corrected chi connectivity index (χ0v) is 20.7. The Morgan fingerprint density at radius 1 is 1.03 bits per heavy atom. The van der Waals surface area contributed by atoms with Crippen LogP contribution < -0.4 is 10.2 Å². The maximum atomic E-state index is 12.4. The number of ketones is 1. The third-order valence-electron chi connectivity index (χ3n) is 5.50. The highest BCUT2D eigenvalue weighted by molar-refractivity contribution is 5.94. The molecule has 1 atom stereocenters. The van der Waals surface area contributed by atoms with Gasteiger partial charge in [-0.25, -0.2) is 0 Å². The summed E-state index contributed by atoms with van der Waals surface area (Å²) >= 11 is 0. The summed E-state index contributed by atoms with van der Waals surface area (Å²) < 4.78 is 11.0. The third-order valence-corrected chi connectivity index (χ3v) is 5.50. The van der Waals surface area contributed by atoms with Crippen LogP contribution in [0.4, 0.5) is 0 Å². The van der Waals surface area contributed by atoms with Gasteiger partial charge in [0.25, 0.3) is 5.95 Å². The van der Waals surface area contributed by atoms with Gasteiger partial charge in [0.05, 0.1) is 12.7 Å². The van der Waals surface area contributed by atoms with Crippen LogP contribution in [-0.4, -0.2) is 12.9 Å². The van der Waals surface area contributed by atoms with Crippen molar-refractivity contribution in [3.8, 4) is 5.95 Å². The minimum atomic E-state index is -0.0624. The van der Waals surface area contributed by atoms with E-state index >= 15 is 0 Å². The molecule has 1 rings (SSSR count). The number of allylic oxidation sites excluding steroid dienone is 6. The fourth-order valence-electron chi connectivity index (χ4n) is 3.79. The molecule has 0 aliphatic rings. The van der Waals surface area contributed by atoms with Crippen LogP contribution >= 0.6 is 0 Å². The molecule has 0 radical (unpaired) electrons. The number of methoxy groups -OCH3 is 1. The highest BCUT2D eigenvalue weighted by atomic mass is 16.6. The predicted molar refractivity (Wildman–Crippen MR) is 130 cm³/mol. The van der Waals surface area contributed by atoms with Crippen molar-refractivity contribution >= 4 is 11.4 Å². The Morgan fingerprint density at radius 2 is 1.68 bits per heavy atom. The summed E-state index contributed by atoms with van der Waals surface area (Å²) in [4.78, 5) is 24.8. The van der Waals surface area contributed by atoms with E-state index < -0.39 is 0 Å². The number of carbonyl (C=O) groups excluding carboxylic acids is 1. The van der Waals surface area contributed by atoms with Gasteiger partial charge in [0.15, 0.2) is 11.2 Å². The van der Waals surface area contributed by atoms with E-state index in [1.54, 1.807) is 13.8 Å². The molecule has 31 heavy (non-hydrogen) atoms. The second kappa shape index (κ2) is 13.1. The Kier molecular flexibility index (Phi) is 11.3. The Hall–Kier alpha value is -2.36. The average Bonchev–Trinajstić information content (AvgIpc) is 2.71. The van der Waals surface area contributed by atoms with Crippen molar-refractivity contribution in [2.45, 2.75) is 87.0 Å². The molecule has 0 bridgehead atoms. The van der Waals surface area contributed by atoms with E-state index in [-0.39, 0.29) is 23.1 Å². The van der Waals surface area contributed by atoms with Gasteiger partial charge in [0, 0.05) is 12.0 Å². The van der Waals surface area contributed by atoms with Crippen LogP contribution in [0.25, 0.3) is 5.57 Å². The summed E-state index contributed by atoms with van der Waals surface area (Å²) in [6.07, 6.45) is 12.5. The minimum absolute atomic E-state index is 0.0624. The van der Waals surface area contributed by atoms with Crippen molar-refractivity contribution in [3.05, 3.63) is 56.5 Å². The number of rotatable bonds is 12. The highest BCUT2D eigenvalue weighted by Gasteiger charge is 2.15. The first-order valence-corrected chi connectivity index (χ1v) is 11.4. The summed E-state index contributed by atoms with van der Waals surface area (Å²) in [7, 11) is 1.50. The van der Waals surface area contributed by atoms with Crippen molar-refractivity contribution in [2.24, 2.45) is 5.92 Å². The van der Waals surface area contributed by atoms with Crippen LogP contribution in [0.1, 0.15) is 90.0 Å². The van der Waals surface area contributed by atoms with Crippen LogP contribution in [0.5, 0.6) is 5.95 Å². The van der Waals surface area contributed by atoms with E-state index in [0.29, 0.717) is 23.3 Å². The van der Waals surface area contributed by atoms with Crippen molar-refractivity contribution in [3.63, 3.8) is 0 Å². The first-order valence-electron chi connectivity index (χ1n) is 11.4. The molecular formula is C27H40O4. The van der Waals surface area contributed by atoms with Crippen molar-refractivity contribution < 1.29 is 13.9 Å². The van der Waals surface area contributed by atoms with E-state index in [9.17, 15) is 9.59 Å². The molecule has 0 amide bonds. The molecule has 0 saturated carbocycles. The highest BCUT2D eigenvalue weighted by Crippen LogP contribution is 2.25. The molecule has 172 valence electrons. The quantitative estimate of drug-likeness (QED) is 0.202. The third kappa shape index (κ3) is 8.35. The SMILES string of the molecule is CCCCCCCC(=O)/C(C)=C/C(C)/C=C(C)/C=C(\C)c1oc(OC)c(C)c(=O)c1C. The standard InChI is InChI=1S/C27H40O4/c1-9-10-11-12-13-14-24(28)20(4)16-18(2)15-19(3)17-21(5)26-22(6)25(29)23(7)27(30-8)31-26/h15-18H,9-14H2,1-8H3/b19-15+,20-16+,21-17+. The lowest BCUT2D eigenvalue weighted by Crippen LogP contribution is -2.12. The molecule has 0 N–H and O–H groups in total. The van der Waals surface area contributed by atoms with Crippen molar-refractivity contribution in [1.82, 2.24) is 0 Å². The molecule has 4 heteroatoms. The number of unbranched alkanes of at least 4 members (excludes halogenated alkanes) is 4. The predicted octanol–water partition coefficient (Wildman–Crippen LogP) is 7.13. The molecule has 4 nitrogen and oxygen atoms in total. The molecule has 0 fully saturated rings. The second-order valence-electron chi connectivity index (χ2n) is 8.54. The van der Waals surface area contributed by atoms with Crippen LogP contribution in [0.2, 0.25) is 0 Å². The van der Waals surface area contributed by atoms with E-state index in [2.05, 4.69) is 19.9 Å². The smallest absolute Gasteiger partial charge is 0.291 e. The lowest BCUT2D eigenvalue weighted by molar-refractivity contribution is -0.115. The summed E-state index contributed by atoms with van der Waals surface area (Å²) in [6.45, 7) is 13.6. The summed E-state index contributed by atoms with van der Waals surface area (Å²) in [6, 6.07) is 0. The molecule has 1 unspecified atom stereocenters. The molecular weight excluding hydrogens is 388 g/mol. The van der Waals surface area contributed by atoms with E-state index in [4.69, 9.17) is 9.15 Å². The van der Waals surface area contributed by atoms with E-state index in [1.807, 2.05) is 32.9 Å². The van der Waals surface area contributed by atoms with E-state index in [0.717, 1.165) is 29.6 Å². The lowest BCUT2D eigenvalue weighted by atomic mass is 9.99. The van der Waals surface area contributed by atoms with Gasteiger partial charge in [-0.1, -0.05) is 63.3 Å². The Labute approximate surface area is 188 Å². The fourth-order valence-corrected chi connectivity index (χ4v) is 3.79. The number of hydrogen-bond donors (Lipinski definition) is 0. The number of Topliss-reactive ketones (excluding diaryl/α,β-unsaturated/α-hetero) is 1. The number of hydrogen-bond acceptors (Lipinski definition) is 4. The van der Waals surface area contributed by atoms with Gasteiger partial charge in [0.1, 0.15) is 5.76 Å². The molecule has 1 heterocycles. The molecule has 0 aromatic carbocycles. The molecule has 1 aromatic rings. The largest absolute Gasteiger partial charge is 0.468 e. The molecule has 0 aliphatic carbocycles. The Balaban J connectivity index is 2.89. The monoisotopic (exact) mass is 428 g/mol. The normalized spacial score (nSPS) is 14.0. The Morgan fingerprint density at radius 3 is 2.29 bits per heavy atom. The second-order valence-corrected chi connectivity index (χ2v) is 8.54. The summed E-state index contributed by atoms with van der Waals surface area (Å²) in [5.74, 6) is 1.16. The summed E-state index contributed by atoms with van der Waals surface area (Å²) in [5.41, 5.74) is 3.73. The lowest BCUT2D eigenvalue weighted by Gasteiger charge is -2.10. The van der Waals surface area contributed by atoms with Crippen molar-refractivity contribution in [1.29, 1.82) is 0 Å². The Bertz CT molecular complexity index is 897. The van der Waals surface area contributed by atoms with E-state index in [1.165, 1.54) is 26.4 Å². The van der Waals surface area contributed by atoms with Crippen LogP contribution in [0.3, 0.4) is 0 Å². The van der Waals surface area contributed by atoms with Gasteiger partial charge >= 0.3 is 0 Å². The van der Waals surface area contributed by atoms with Crippen molar-refractivity contribution in [2.75, 3.05) is 7.11 Å². The zero-order chi connectivity index (χ0) is 23.6. The summed E-state index contributed by atoms with van der Waals surface area (Å²) in [5, 5.41) is 0. The van der Waals surface area contributed by atoms with Gasteiger partial charge in [-0.15, -0.1) is 0 Å². The topological polar surface area (TPSA) is 56.5 Å². The van der Waals surface area contributed by atoms with Gasteiger partial charge in [-0.05, 0) is 58.1 Å². The first-order chi connectivity index (χ1) is 14.6. The minimum Gasteiger partial charge on any atom is -0.468 e. The van der Waals surface area contributed by atoms with Gasteiger partial charge < -0.3 is 9.15 Å². The maximum Gasteiger partial charge on any atom is 0.291 e. The van der Waals surface area contributed by atoms with Crippen LogP contribution in [0.15, 0.2) is 38.6 Å². The van der Waals surface area contributed by atoms with Crippen LogP contribution in [0, 0.1) is 19.8 Å². The van der Waals surface area contributed by atoms with Gasteiger partial charge in [-0.3, -0.25) is 9.59 Å². The maximum absolute atomic E-state index is 12.4. The van der Waals surface area contributed by atoms with Gasteiger partial charge in [-0.2, -0.15) is 0 Å². The fraction of sp³-hybridized carbons (Fsp3) is 0.556. The number of carbonyl (C=O) groups is 1. The molecule has 0 saturated heterocycles. The average molecular weight is 429 g/mol. The molecule has 1 aromatic heterocycles. The first kappa shape index (κ1) is 26.7. The van der Waals surface area contributed by atoms with Crippen LogP contribution in [-0.2, 0) is 4.79 Å².